The van der Waals surface area contributed by atoms with Gasteiger partial charge in [0.15, 0.2) is 0 Å². The van der Waals surface area contributed by atoms with Crippen LogP contribution in [0.1, 0.15) is 44.0 Å². The quantitative estimate of drug-likeness (QED) is 0.708. The Balaban J connectivity index is 1.62. The van der Waals surface area contributed by atoms with Gasteiger partial charge in [0.2, 0.25) is 5.91 Å². The number of anilines is 1. The maximum absolute atomic E-state index is 12.9. The number of ketones is 1. The number of nitrogens with zero attached hydrogens (tertiary/aromatic N) is 3. The summed E-state index contributed by atoms with van der Waals surface area (Å²) in [5.41, 5.74) is 0.555. The van der Waals surface area contributed by atoms with E-state index >= 15 is 0 Å². The van der Waals surface area contributed by atoms with Gasteiger partial charge in [0.1, 0.15) is 11.4 Å². The van der Waals surface area contributed by atoms with Crippen LogP contribution in [0.5, 0.6) is 0 Å². The molecule has 0 bridgehead atoms. The molecule has 1 aromatic carbocycles. The van der Waals surface area contributed by atoms with E-state index in [9.17, 15) is 19.2 Å². The van der Waals surface area contributed by atoms with Crippen molar-refractivity contribution in [3.63, 3.8) is 0 Å². The summed E-state index contributed by atoms with van der Waals surface area (Å²) in [4.78, 5) is 53.5. The van der Waals surface area contributed by atoms with Gasteiger partial charge in [-0.2, -0.15) is 0 Å². The highest BCUT2D eigenvalue weighted by Crippen LogP contribution is 2.22. The summed E-state index contributed by atoms with van der Waals surface area (Å²) in [6.45, 7) is 7.45. The predicted molar refractivity (Wildman–Crippen MR) is 107 cm³/mol. The first-order valence-electron chi connectivity index (χ1n) is 9.83. The zero-order valence-electron chi connectivity index (χ0n) is 17.1. The molecule has 0 saturated carbocycles. The molecule has 2 aliphatic rings. The minimum absolute atomic E-state index is 0.0543. The lowest BCUT2D eigenvalue weighted by Gasteiger charge is -2.35. The van der Waals surface area contributed by atoms with E-state index in [0.717, 1.165) is 0 Å². The monoisotopic (exact) mass is 401 g/mol. The fourth-order valence-corrected chi connectivity index (χ4v) is 3.39. The molecule has 0 radical (unpaired) electrons. The maximum atomic E-state index is 12.9. The molecule has 0 aliphatic carbocycles. The van der Waals surface area contributed by atoms with Gasteiger partial charge >= 0.3 is 6.09 Å². The first-order chi connectivity index (χ1) is 13.6. The van der Waals surface area contributed by atoms with Gasteiger partial charge in [-0.05, 0) is 39.0 Å². The van der Waals surface area contributed by atoms with Gasteiger partial charge in [-0.1, -0.05) is 6.07 Å². The highest BCUT2D eigenvalue weighted by atomic mass is 16.6. The second kappa shape index (κ2) is 8.23. The molecule has 156 valence electrons. The van der Waals surface area contributed by atoms with Crippen molar-refractivity contribution >= 4 is 29.4 Å². The van der Waals surface area contributed by atoms with Crippen molar-refractivity contribution in [1.29, 1.82) is 0 Å². The smallest absolute Gasteiger partial charge is 0.410 e. The van der Waals surface area contributed by atoms with Crippen molar-refractivity contribution in [2.75, 3.05) is 37.6 Å². The van der Waals surface area contributed by atoms with Crippen molar-refractivity contribution in [3.05, 3.63) is 29.8 Å². The molecule has 0 unspecified atom stereocenters. The van der Waals surface area contributed by atoms with E-state index in [1.54, 1.807) is 39.0 Å². The lowest BCUT2D eigenvalue weighted by atomic mass is 10.1. The third-order valence-electron chi connectivity index (χ3n) is 4.89. The van der Waals surface area contributed by atoms with Crippen LogP contribution in [0.2, 0.25) is 0 Å². The number of hydrogen-bond acceptors (Lipinski definition) is 5. The van der Waals surface area contributed by atoms with Gasteiger partial charge in [0, 0.05) is 50.4 Å². The van der Waals surface area contributed by atoms with Crippen LogP contribution < -0.4 is 4.90 Å². The van der Waals surface area contributed by atoms with Crippen LogP contribution in [-0.2, 0) is 14.3 Å². The van der Waals surface area contributed by atoms with Gasteiger partial charge in [0.05, 0.1) is 6.42 Å². The van der Waals surface area contributed by atoms with Crippen LogP contribution in [0.15, 0.2) is 24.3 Å². The van der Waals surface area contributed by atoms with Gasteiger partial charge in [-0.25, -0.2) is 4.79 Å². The van der Waals surface area contributed by atoms with E-state index < -0.39 is 5.60 Å². The molecule has 2 saturated heterocycles. The number of carbonyl (C=O) groups excluding carboxylic acids is 4. The van der Waals surface area contributed by atoms with Crippen LogP contribution in [0, 0.1) is 0 Å². The molecule has 2 fully saturated rings. The van der Waals surface area contributed by atoms with Gasteiger partial charge < -0.3 is 19.4 Å². The molecule has 8 nitrogen and oxygen atoms in total. The van der Waals surface area contributed by atoms with E-state index in [2.05, 4.69) is 0 Å². The Labute approximate surface area is 170 Å². The minimum Gasteiger partial charge on any atom is -0.444 e. The normalized spacial score (nSPS) is 18.1. The number of benzene rings is 1. The standard InChI is InChI=1S/C21H27N3O5/c1-21(2,3)29-20(28)23-11-9-22(10-12-23)19(27)15-5-4-6-16(13-15)24-8-7-17(25)14-18(24)26/h4-6,13H,7-12,14H2,1-3H3. The summed E-state index contributed by atoms with van der Waals surface area (Å²) in [6, 6.07) is 6.91. The number of carbonyl (C=O) groups is 4. The SMILES string of the molecule is CC(C)(C)OC(=O)N1CCN(C(=O)c2cccc(N3CCC(=O)CC3=O)c2)CC1. The van der Waals surface area contributed by atoms with Crippen molar-refractivity contribution in [3.8, 4) is 0 Å². The number of amides is 3. The summed E-state index contributed by atoms with van der Waals surface area (Å²) in [5, 5.41) is 0. The molecule has 2 heterocycles. The van der Waals surface area contributed by atoms with E-state index in [1.165, 1.54) is 0 Å². The van der Waals surface area contributed by atoms with Crippen molar-refractivity contribution in [2.45, 2.75) is 39.2 Å². The molecule has 2 aliphatic heterocycles. The molecular formula is C21H27N3O5. The summed E-state index contributed by atoms with van der Waals surface area (Å²) in [5.74, 6) is -0.436. The Hall–Kier alpha value is -2.90. The molecule has 0 aromatic heterocycles. The Morgan fingerprint density at radius 3 is 2.24 bits per heavy atom. The summed E-state index contributed by atoms with van der Waals surface area (Å²) >= 11 is 0. The van der Waals surface area contributed by atoms with E-state index in [-0.39, 0.29) is 30.1 Å². The molecule has 29 heavy (non-hydrogen) atoms. The Kier molecular flexibility index (Phi) is 5.91. The topological polar surface area (TPSA) is 87.2 Å². The molecule has 0 spiro atoms. The number of Topliss-reactive ketones (excluding diaryl/α,β-unsaturated/α-hetero) is 1. The van der Waals surface area contributed by atoms with Crippen molar-refractivity contribution < 1.29 is 23.9 Å². The fourth-order valence-electron chi connectivity index (χ4n) is 3.39. The lowest BCUT2D eigenvalue weighted by Crippen LogP contribution is -2.51. The average Bonchev–Trinajstić information content (AvgIpc) is 2.66. The van der Waals surface area contributed by atoms with Crippen molar-refractivity contribution in [1.82, 2.24) is 9.80 Å². The zero-order valence-corrected chi connectivity index (χ0v) is 17.1. The molecule has 0 N–H and O–H groups in total. The number of ether oxygens (including phenoxy) is 1. The van der Waals surface area contributed by atoms with Gasteiger partial charge in [0.25, 0.3) is 5.91 Å². The Bertz CT molecular complexity index is 822. The van der Waals surface area contributed by atoms with Crippen LogP contribution >= 0.6 is 0 Å². The second-order valence-corrected chi connectivity index (χ2v) is 8.32. The molecule has 3 rings (SSSR count). The van der Waals surface area contributed by atoms with Crippen LogP contribution in [0.25, 0.3) is 0 Å². The summed E-state index contributed by atoms with van der Waals surface area (Å²) in [7, 11) is 0. The second-order valence-electron chi connectivity index (χ2n) is 8.32. The molecule has 1 aromatic rings. The fraction of sp³-hybridized carbons (Fsp3) is 0.524. The molecule has 3 amide bonds. The minimum atomic E-state index is -0.555. The number of piperidine rings is 1. The number of rotatable bonds is 2. The average molecular weight is 401 g/mol. The third kappa shape index (κ3) is 5.13. The number of piperazine rings is 1. The van der Waals surface area contributed by atoms with Gasteiger partial charge in [-0.15, -0.1) is 0 Å². The summed E-state index contributed by atoms with van der Waals surface area (Å²) in [6.07, 6.45) is -0.133. The van der Waals surface area contributed by atoms with E-state index in [4.69, 9.17) is 4.74 Å². The highest BCUT2D eigenvalue weighted by Gasteiger charge is 2.29. The summed E-state index contributed by atoms with van der Waals surface area (Å²) < 4.78 is 5.38. The van der Waals surface area contributed by atoms with E-state index in [1.807, 2.05) is 20.8 Å². The van der Waals surface area contributed by atoms with E-state index in [0.29, 0.717) is 50.4 Å². The zero-order chi connectivity index (χ0) is 21.2. The Morgan fingerprint density at radius 2 is 1.62 bits per heavy atom. The van der Waals surface area contributed by atoms with Crippen LogP contribution in [-0.4, -0.2) is 71.8 Å². The van der Waals surface area contributed by atoms with Crippen LogP contribution in [0.4, 0.5) is 10.5 Å². The highest BCUT2D eigenvalue weighted by molar-refractivity contribution is 6.09. The first-order valence-corrected chi connectivity index (χ1v) is 9.83. The number of hydrogen-bond donors (Lipinski definition) is 0. The molecule has 0 atom stereocenters. The third-order valence-corrected chi connectivity index (χ3v) is 4.89. The first kappa shape index (κ1) is 20.8. The Morgan fingerprint density at radius 1 is 0.966 bits per heavy atom. The van der Waals surface area contributed by atoms with Gasteiger partial charge in [-0.3, -0.25) is 14.4 Å². The molecule has 8 heteroatoms. The lowest BCUT2D eigenvalue weighted by molar-refractivity contribution is -0.128. The predicted octanol–water partition coefficient (Wildman–Crippen LogP) is 2.08. The maximum Gasteiger partial charge on any atom is 0.410 e. The van der Waals surface area contributed by atoms with Crippen molar-refractivity contribution in [2.24, 2.45) is 0 Å². The van der Waals surface area contributed by atoms with Crippen LogP contribution in [0.3, 0.4) is 0 Å². The largest absolute Gasteiger partial charge is 0.444 e. The molecular weight excluding hydrogens is 374 g/mol.